The van der Waals surface area contributed by atoms with Crippen molar-refractivity contribution in [1.29, 1.82) is 5.41 Å². The smallest absolute Gasteiger partial charge is 0.219 e. The van der Waals surface area contributed by atoms with Gasteiger partial charge in [0, 0.05) is 18.7 Å². The van der Waals surface area contributed by atoms with Crippen molar-refractivity contribution in [3.05, 3.63) is 12.7 Å². The molecule has 0 amide bonds. The Hall–Kier alpha value is -1.01. The molecule has 0 fully saturated rings. The Labute approximate surface area is 90.1 Å². The largest absolute Gasteiger partial charge is 0.309 e. The van der Waals surface area contributed by atoms with E-state index in [1.54, 1.807) is 6.92 Å². The van der Waals surface area contributed by atoms with E-state index in [4.69, 9.17) is 5.41 Å². The quantitative estimate of drug-likeness (QED) is 0.471. The zero-order chi connectivity index (χ0) is 11.9. The molecular weight excluding hydrogens is 216 g/mol. The van der Waals surface area contributed by atoms with Crippen molar-refractivity contribution in [3.8, 4) is 0 Å². The summed E-state index contributed by atoms with van der Waals surface area (Å²) in [6.07, 6.45) is 1.77. The Kier molecular flexibility index (Phi) is 6.03. The van der Waals surface area contributed by atoms with Gasteiger partial charge in [-0.15, -0.1) is 6.58 Å². The van der Waals surface area contributed by atoms with Crippen LogP contribution in [0.15, 0.2) is 12.7 Å². The normalized spacial score (nSPS) is 11.0. The molecule has 5 nitrogen and oxygen atoms in total. The summed E-state index contributed by atoms with van der Waals surface area (Å²) in [5, 5.41) is 7.26. The van der Waals surface area contributed by atoms with Crippen LogP contribution < -0.4 is 4.72 Å². The van der Waals surface area contributed by atoms with Gasteiger partial charge in [-0.05, 0) is 6.42 Å². The first kappa shape index (κ1) is 14.0. The second kappa shape index (κ2) is 6.47. The minimum Gasteiger partial charge on any atom is -0.309 e. The fraction of sp³-hybridized carbons (Fsp3) is 0.556. The number of nitrogens with one attached hydrogen (secondary N) is 2. The van der Waals surface area contributed by atoms with E-state index in [-0.39, 0.29) is 18.7 Å². The molecule has 2 N–H and O–H groups in total. The maximum Gasteiger partial charge on any atom is 0.219 e. The first-order valence-electron chi connectivity index (χ1n) is 4.57. The average molecular weight is 232 g/mol. The summed E-state index contributed by atoms with van der Waals surface area (Å²) >= 11 is 0. The highest BCUT2D eigenvalue weighted by Crippen LogP contribution is 1.95. The predicted molar refractivity (Wildman–Crippen MR) is 59.6 cm³/mol. The van der Waals surface area contributed by atoms with Crippen molar-refractivity contribution in [1.82, 2.24) is 4.72 Å². The minimum absolute atomic E-state index is 0.0918. The van der Waals surface area contributed by atoms with Crippen LogP contribution in [0.25, 0.3) is 0 Å². The van der Waals surface area contributed by atoms with Gasteiger partial charge in [-0.25, -0.2) is 13.1 Å². The highest BCUT2D eigenvalue weighted by Gasteiger charge is 2.15. The molecule has 0 spiro atoms. The van der Waals surface area contributed by atoms with E-state index in [1.165, 1.54) is 6.08 Å². The lowest BCUT2D eigenvalue weighted by Crippen LogP contribution is -2.30. The molecule has 86 valence electrons. The summed E-state index contributed by atoms with van der Waals surface area (Å²) in [5.74, 6) is -1.03. The molecular formula is C9H16N2O3S. The minimum atomic E-state index is -3.56. The van der Waals surface area contributed by atoms with E-state index in [1.807, 2.05) is 0 Å². The Morgan fingerprint density at radius 1 is 1.53 bits per heavy atom. The molecule has 0 saturated heterocycles. The number of rotatable bonds is 8. The van der Waals surface area contributed by atoms with Crippen LogP contribution >= 0.6 is 0 Å². The van der Waals surface area contributed by atoms with E-state index in [0.29, 0.717) is 6.42 Å². The van der Waals surface area contributed by atoms with Crippen LogP contribution in [0.2, 0.25) is 0 Å². The molecule has 6 heteroatoms. The molecule has 0 aliphatic rings. The molecule has 0 aromatic carbocycles. The first-order chi connectivity index (χ1) is 6.91. The summed E-state index contributed by atoms with van der Waals surface area (Å²) in [5.41, 5.74) is 0.249. The van der Waals surface area contributed by atoms with Gasteiger partial charge in [0.25, 0.3) is 0 Å². The van der Waals surface area contributed by atoms with Gasteiger partial charge in [-0.2, -0.15) is 0 Å². The van der Waals surface area contributed by atoms with E-state index in [2.05, 4.69) is 11.3 Å². The van der Waals surface area contributed by atoms with Crippen LogP contribution in [0, 0.1) is 5.41 Å². The van der Waals surface area contributed by atoms with Gasteiger partial charge in [-0.1, -0.05) is 13.0 Å². The molecule has 15 heavy (non-hydrogen) atoms. The number of Topliss-reactive ketones (excluding diaryl/α,β-unsaturated/α-hetero) is 1. The highest BCUT2D eigenvalue weighted by molar-refractivity contribution is 7.90. The van der Waals surface area contributed by atoms with E-state index in [0.717, 1.165) is 0 Å². The summed E-state index contributed by atoms with van der Waals surface area (Å²) in [7, 11) is -3.56. The Morgan fingerprint density at radius 3 is 2.60 bits per heavy atom. The number of hydrogen-bond donors (Lipinski definition) is 2. The maximum atomic E-state index is 11.2. The van der Waals surface area contributed by atoms with Crippen molar-refractivity contribution in [2.75, 3.05) is 12.3 Å². The fourth-order valence-electron chi connectivity index (χ4n) is 0.863. The van der Waals surface area contributed by atoms with Crippen LogP contribution in [0.3, 0.4) is 0 Å². The van der Waals surface area contributed by atoms with Gasteiger partial charge in [-0.3, -0.25) is 4.79 Å². The van der Waals surface area contributed by atoms with Gasteiger partial charge in [0.1, 0.15) is 5.75 Å². The summed E-state index contributed by atoms with van der Waals surface area (Å²) in [4.78, 5) is 11.2. The third-order valence-corrected chi connectivity index (χ3v) is 2.94. The van der Waals surface area contributed by atoms with Crippen molar-refractivity contribution in [2.45, 2.75) is 19.8 Å². The van der Waals surface area contributed by atoms with Gasteiger partial charge >= 0.3 is 0 Å². The lowest BCUT2D eigenvalue weighted by Gasteiger charge is -2.03. The van der Waals surface area contributed by atoms with Crippen LogP contribution in [0.5, 0.6) is 0 Å². The van der Waals surface area contributed by atoms with E-state index >= 15 is 0 Å². The summed E-state index contributed by atoms with van der Waals surface area (Å²) < 4.78 is 24.6. The molecule has 0 atom stereocenters. The van der Waals surface area contributed by atoms with Gasteiger partial charge in [0.2, 0.25) is 10.0 Å². The molecule has 0 saturated carbocycles. The topological polar surface area (TPSA) is 87.1 Å². The van der Waals surface area contributed by atoms with Gasteiger partial charge < -0.3 is 5.41 Å². The average Bonchev–Trinajstić information content (AvgIpc) is 2.13. The maximum absolute atomic E-state index is 11.2. The summed E-state index contributed by atoms with van der Waals surface area (Å²) in [6.45, 7) is 5.22. The fourth-order valence-corrected chi connectivity index (χ4v) is 1.86. The third-order valence-electron chi connectivity index (χ3n) is 1.64. The molecule has 0 unspecified atom stereocenters. The molecule has 0 heterocycles. The van der Waals surface area contributed by atoms with Crippen molar-refractivity contribution in [3.63, 3.8) is 0 Å². The molecule has 0 rings (SSSR count). The van der Waals surface area contributed by atoms with Crippen LogP contribution in [-0.4, -0.2) is 32.2 Å². The number of ketones is 1. The zero-order valence-electron chi connectivity index (χ0n) is 8.75. The molecule has 0 aliphatic carbocycles. The van der Waals surface area contributed by atoms with E-state index < -0.39 is 21.6 Å². The first-order valence-corrected chi connectivity index (χ1v) is 6.22. The van der Waals surface area contributed by atoms with Gasteiger partial charge in [0.05, 0.1) is 0 Å². The predicted octanol–water partition coefficient (Wildman–Crippen LogP) is 0.481. The zero-order valence-corrected chi connectivity index (χ0v) is 9.56. The van der Waals surface area contributed by atoms with Crippen LogP contribution in [0.1, 0.15) is 19.8 Å². The van der Waals surface area contributed by atoms with Crippen molar-refractivity contribution in [2.24, 2.45) is 0 Å². The lowest BCUT2D eigenvalue weighted by atomic mass is 10.2. The number of carbonyl (C=O) groups excluding carboxylic acids is 1. The number of sulfonamides is 1. The lowest BCUT2D eigenvalue weighted by molar-refractivity contribution is -0.115. The Bertz CT molecular complexity index is 346. The molecule has 0 bridgehead atoms. The number of hydrogen-bond acceptors (Lipinski definition) is 4. The molecule has 0 aliphatic heterocycles. The standard InChI is InChI=1S/C9H16N2O3S/c1-3-5-11-15(13,14)7-9(12)6-8(10)4-2/h3,10-11H,1,4-7H2,2H3. The Morgan fingerprint density at radius 2 is 2.13 bits per heavy atom. The molecule has 0 radical (unpaired) electrons. The highest BCUT2D eigenvalue weighted by atomic mass is 32.2. The van der Waals surface area contributed by atoms with E-state index in [9.17, 15) is 13.2 Å². The second-order valence-electron chi connectivity index (χ2n) is 3.07. The monoisotopic (exact) mass is 232 g/mol. The second-order valence-corrected chi connectivity index (χ2v) is 4.88. The molecule has 0 aromatic heterocycles. The van der Waals surface area contributed by atoms with Gasteiger partial charge in [0.15, 0.2) is 5.78 Å². The van der Waals surface area contributed by atoms with Crippen LogP contribution in [0.4, 0.5) is 0 Å². The van der Waals surface area contributed by atoms with Crippen molar-refractivity contribution >= 4 is 21.5 Å². The Balaban J connectivity index is 4.16. The third kappa shape index (κ3) is 6.98. The summed E-state index contributed by atoms with van der Waals surface area (Å²) in [6, 6.07) is 0. The number of carbonyl (C=O) groups is 1. The van der Waals surface area contributed by atoms with Crippen molar-refractivity contribution < 1.29 is 13.2 Å². The SMILES string of the molecule is C=CCNS(=O)(=O)CC(=O)CC(=N)CC. The molecule has 0 aromatic rings. The van der Waals surface area contributed by atoms with Crippen LogP contribution in [-0.2, 0) is 14.8 Å².